The van der Waals surface area contributed by atoms with Gasteiger partial charge in [-0.2, -0.15) is 17.0 Å². The third-order valence-corrected chi connectivity index (χ3v) is 5.29. The molecule has 1 aromatic carbocycles. The molecular formula is C13H21N3O2S. The first-order chi connectivity index (χ1) is 9.00. The molecular weight excluding hydrogens is 262 g/mol. The van der Waals surface area contributed by atoms with Crippen molar-refractivity contribution in [3.63, 3.8) is 0 Å². The SMILES string of the molecule is CN(Cc1ccccc1)S(=O)(=O)N1CCC[C@@H](N)C1. The molecule has 0 amide bonds. The molecule has 1 fully saturated rings. The maximum Gasteiger partial charge on any atom is 0.282 e. The van der Waals surface area contributed by atoms with E-state index in [2.05, 4.69) is 0 Å². The number of piperidine rings is 1. The summed E-state index contributed by atoms with van der Waals surface area (Å²) in [6.07, 6.45) is 1.73. The lowest BCUT2D eigenvalue weighted by Gasteiger charge is -2.32. The van der Waals surface area contributed by atoms with E-state index in [1.165, 1.54) is 8.61 Å². The summed E-state index contributed by atoms with van der Waals surface area (Å²) in [6.45, 7) is 1.37. The van der Waals surface area contributed by atoms with Crippen LogP contribution in [0.5, 0.6) is 0 Å². The lowest BCUT2D eigenvalue weighted by molar-refractivity contribution is 0.291. The van der Waals surface area contributed by atoms with Gasteiger partial charge in [0.2, 0.25) is 0 Å². The molecule has 5 nitrogen and oxygen atoms in total. The van der Waals surface area contributed by atoms with Gasteiger partial charge in [0.25, 0.3) is 10.2 Å². The smallest absolute Gasteiger partial charge is 0.282 e. The molecule has 1 aliphatic heterocycles. The van der Waals surface area contributed by atoms with Gasteiger partial charge >= 0.3 is 0 Å². The molecule has 1 saturated heterocycles. The second kappa shape index (κ2) is 6.00. The van der Waals surface area contributed by atoms with E-state index in [4.69, 9.17) is 5.73 Å². The van der Waals surface area contributed by atoms with E-state index in [1.54, 1.807) is 7.05 Å². The van der Waals surface area contributed by atoms with Crippen LogP contribution in [0.15, 0.2) is 30.3 Å². The Bertz CT molecular complexity index is 504. The molecule has 1 heterocycles. The first-order valence-corrected chi connectivity index (χ1v) is 7.91. The zero-order valence-corrected chi connectivity index (χ0v) is 12.0. The molecule has 0 radical (unpaired) electrons. The van der Waals surface area contributed by atoms with Crippen molar-refractivity contribution < 1.29 is 8.42 Å². The van der Waals surface area contributed by atoms with E-state index >= 15 is 0 Å². The van der Waals surface area contributed by atoms with Crippen LogP contribution in [0.1, 0.15) is 18.4 Å². The predicted octanol–water partition coefficient (Wildman–Crippen LogP) is 0.786. The highest BCUT2D eigenvalue weighted by Crippen LogP contribution is 2.16. The standard InChI is InChI=1S/C13H21N3O2S/c1-15(10-12-6-3-2-4-7-12)19(17,18)16-9-5-8-13(14)11-16/h2-4,6-7,13H,5,8-11,14H2,1H3/t13-/m1/s1. The van der Waals surface area contributed by atoms with Crippen LogP contribution < -0.4 is 5.73 Å². The van der Waals surface area contributed by atoms with Gasteiger partial charge in [0.1, 0.15) is 0 Å². The topological polar surface area (TPSA) is 66.6 Å². The summed E-state index contributed by atoms with van der Waals surface area (Å²) in [5, 5.41) is 0. The minimum absolute atomic E-state index is 0.0475. The van der Waals surface area contributed by atoms with Crippen molar-refractivity contribution in [1.82, 2.24) is 8.61 Å². The Labute approximate surface area is 115 Å². The summed E-state index contributed by atoms with van der Waals surface area (Å²) in [5.41, 5.74) is 6.83. The van der Waals surface area contributed by atoms with Gasteiger partial charge in [-0.1, -0.05) is 30.3 Å². The molecule has 1 aromatic rings. The monoisotopic (exact) mass is 283 g/mol. The van der Waals surface area contributed by atoms with Gasteiger partial charge in [-0.15, -0.1) is 0 Å². The van der Waals surface area contributed by atoms with Crippen molar-refractivity contribution in [2.24, 2.45) is 5.73 Å². The highest BCUT2D eigenvalue weighted by Gasteiger charge is 2.30. The van der Waals surface area contributed by atoms with Crippen LogP contribution in [0.3, 0.4) is 0 Å². The first-order valence-electron chi connectivity index (χ1n) is 6.51. The Morgan fingerprint density at radius 1 is 1.37 bits per heavy atom. The maximum absolute atomic E-state index is 12.4. The van der Waals surface area contributed by atoms with Gasteiger partial charge in [0, 0.05) is 32.7 Å². The van der Waals surface area contributed by atoms with Gasteiger partial charge in [0.05, 0.1) is 0 Å². The summed E-state index contributed by atoms with van der Waals surface area (Å²) in [6, 6.07) is 9.54. The first kappa shape index (κ1) is 14.5. The number of hydrogen-bond acceptors (Lipinski definition) is 3. The number of hydrogen-bond donors (Lipinski definition) is 1. The molecule has 0 spiro atoms. The van der Waals surface area contributed by atoms with Crippen molar-refractivity contribution in [2.75, 3.05) is 20.1 Å². The van der Waals surface area contributed by atoms with E-state index in [-0.39, 0.29) is 6.04 Å². The third kappa shape index (κ3) is 3.54. The van der Waals surface area contributed by atoms with Crippen LogP contribution in [-0.4, -0.2) is 43.2 Å². The van der Waals surface area contributed by atoms with Crippen LogP contribution in [0.25, 0.3) is 0 Å². The summed E-state index contributed by atoms with van der Waals surface area (Å²) >= 11 is 0. The van der Waals surface area contributed by atoms with E-state index in [0.717, 1.165) is 18.4 Å². The minimum atomic E-state index is -3.41. The minimum Gasteiger partial charge on any atom is -0.327 e. The summed E-state index contributed by atoms with van der Waals surface area (Å²) in [4.78, 5) is 0. The summed E-state index contributed by atoms with van der Waals surface area (Å²) < 4.78 is 27.7. The van der Waals surface area contributed by atoms with Crippen LogP contribution in [0.4, 0.5) is 0 Å². The fourth-order valence-electron chi connectivity index (χ4n) is 2.30. The van der Waals surface area contributed by atoms with Crippen LogP contribution in [0.2, 0.25) is 0 Å². The van der Waals surface area contributed by atoms with Gasteiger partial charge < -0.3 is 5.73 Å². The highest BCUT2D eigenvalue weighted by atomic mass is 32.2. The zero-order chi connectivity index (χ0) is 13.9. The lowest BCUT2D eigenvalue weighted by atomic mass is 10.1. The number of nitrogens with two attached hydrogens (primary N) is 1. The Morgan fingerprint density at radius 2 is 2.05 bits per heavy atom. The zero-order valence-electron chi connectivity index (χ0n) is 11.2. The highest BCUT2D eigenvalue weighted by molar-refractivity contribution is 7.86. The molecule has 1 aliphatic rings. The molecule has 6 heteroatoms. The van der Waals surface area contributed by atoms with Gasteiger partial charge in [-0.05, 0) is 18.4 Å². The van der Waals surface area contributed by atoms with Crippen molar-refractivity contribution in [3.05, 3.63) is 35.9 Å². The fraction of sp³-hybridized carbons (Fsp3) is 0.538. The molecule has 106 valence electrons. The molecule has 0 aliphatic carbocycles. The van der Waals surface area contributed by atoms with Crippen molar-refractivity contribution in [1.29, 1.82) is 0 Å². The second-order valence-electron chi connectivity index (χ2n) is 5.01. The van der Waals surface area contributed by atoms with E-state index in [0.29, 0.717) is 19.6 Å². The number of rotatable bonds is 4. The fourth-order valence-corrected chi connectivity index (χ4v) is 3.75. The van der Waals surface area contributed by atoms with Crippen LogP contribution in [0, 0.1) is 0 Å². The Morgan fingerprint density at radius 3 is 2.68 bits per heavy atom. The Hall–Kier alpha value is -0.950. The van der Waals surface area contributed by atoms with E-state index < -0.39 is 10.2 Å². The normalized spacial score (nSPS) is 21.7. The molecule has 19 heavy (non-hydrogen) atoms. The Kier molecular flexibility index (Phi) is 4.57. The van der Waals surface area contributed by atoms with Crippen molar-refractivity contribution >= 4 is 10.2 Å². The van der Waals surface area contributed by atoms with Crippen LogP contribution in [-0.2, 0) is 16.8 Å². The molecule has 2 rings (SSSR count). The largest absolute Gasteiger partial charge is 0.327 e. The molecule has 0 aromatic heterocycles. The van der Waals surface area contributed by atoms with Crippen LogP contribution >= 0.6 is 0 Å². The van der Waals surface area contributed by atoms with E-state index in [1.807, 2.05) is 30.3 Å². The predicted molar refractivity (Wildman–Crippen MR) is 75.6 cm³/mol. The molecule has 0 bridgehead atoms. The average molecular weight is 283 g/mol. The summed E-state index contributed by atoms with van der Waals surface area (Å²) in [5.74, 6) is 0. The molecule has 0 saturated carbocycles. The Balaban J connectivity index is 2.06. The van der Waals surface area contributed by atoms with Gasteiger partial charge in [-0.25, -0.2) is 0 Å². The maximum atomic E-state index is 12.4. The lowest BCUT2D eigenvalue weighted by Crippen LogP contribution is -2.50. The number of benzene rings is 1. The van der Waals surface area contributed by atoms with Crippen molar-refractivity contribution in [2.45, 2.75) is 25.4 Å². The average Bonchev–Trinajstić information content (AvgIpc) is 2.40. The quantitative estimate of drug-likeness (QED) is 0.888. The molecule has 2 N–H and O–H groups in total. The van der Waals surface area contributed by atoms with E-state index in [9.17, 15) is 8.42 Å². The second-order valence-corrected chi connectivity index (χ2v) is 7.05. The summed E-state index contributed by atoms with van der Waals surface area (Å²) in [7, 11) is -1.79. The van der Waals surface area contributed by atoms with Gasteiger partial charge in [0.15, 0.2) is 0 Å². The third-order valence-electron chi connectivity index (χ3n) is 3.39. The molecule has 0 unspecified atom stereocenters. The van der Waals surface area contributed by atoms with Gasteiger partial charge in [-0.3, -0.25) is 0 Å². The molecule has 1 atom stereocenters. The number of nitrogens with zero attached hydrogens (tertiary/aromatic N) is 2. The van der Waals surface area contributed by atoms with Crippen molar-refractivity contribution in [3.8, 4) is 0 Å².